The number of fused-ring (bicyclic) bond motifs is 2. The van der Waals surface area contributed by atoms with E-state index in [1.165, 1.54) is 12.1 Å². The number of H-pyrrole nitrogens is 1. The number of carbonyl (C=O) groups is 1. The number of nitrogens with zero attached hydrogens (tertiary/aromatic N) is 2. The van der Waals surface area contributed by atoms with E-state index in [4.69, 9.17) is 0 Å². The normalized spacial score (nSPS) is 12.3. The molecule has 4 aromatic rings. The van der Waals surface area contributed by atoms with Crippen LogP contribution in [0.15, 0.2) is 42.6 Å². The Hall–Kier alpha value is -3.15. The number of nitrogens with one attached hydrogen (secondary N) is 1. The first-order valence-corrected chi connectivity index (χ1v) is 9.68. The Morgan fingerprint density at radius 3 is 2.55 bits per heavy atom. The van der Waals surface area contributed by atoms with Gasteiger partial charge < -0.3 is 9.67 Å². The van der Waals surface area contributed by atoms with Crippen molar-refractivity contribution in [3.8, 4) is 5.69 Å². The highest BCUT2D eigenvalue weighted by molar-refractivity contribution is 5.99. The number of carboxylic acids is 1. The molecule has 2 heterocycles. The van der Waals surface area contributed by atoms with E-state index in [2.05, 4.69) is 34.7 Å². The van der Waals surface area contributed by atoms with Crippen LogP contribution < -0.4 is 0 Å². The number of hydrogen-bond donors (Lipinski definition) is 2. The van der Waals surface area contributed by atoms with Crippen LogP contribution in [0.25, 0.3) is 27.5 Å². The number of aliphatic carboxylic acids is 1. The van der Waals surface area contributed by atoms with Gasteiger partial charge >= 0.3 is 5.97 Å². The fourth-order valence-electron chi connectivity index (χ4n) is 3.99. The van der Waals surface area contributed by atoms with E-state index in [9.17, 15) is 14.3 Å². The van der Waals surface area contributed by atoms with Gasteiger partial charge in [-0.25, -0.2) is 4.39 Å². The summed E-state index contributed by atoms with van der Waals surface area (Å²) in [5.74, 6) is -0.984. The number of rotatable bonds is 5. The fraction of sp³-hybridized carbons (Fsp3) is 0.304. The molecular weight excluding hydrogens is 369 g/mol. The van der Waals surface area contributed by atoms with E-state index in [1.54, 1.807) is 32.2 Å². The van der Waals surface area contributed by atoms with Crippen molar-refractivity contribution < 1.29 is 14.3 Å². The van der Waals surface area contributed by atoms with Crippen LogP contribution in [0.1, 0.15) is 44.9 Å². The minimum absolute atomic E-state index is 0.142. The number of carboxylic acid groups (broad SMARTS) is 1. The van der Waals surface area contributed by atoms with Crippen LogP contribution in [0, 0.1) is 11.2 Å². The summed E-state index contributed by atoms with van der Waals surface area (Å²) in [6.45, 7) is 7.68. The maximum absolute atomic E-state index is 13.6. The quantitative estimate of drug-likeness (QED) is 0.475. The van der Waals surface area contributed by atoms with Crippen LogP contribution >= 0.6 is 0 Å². The second kappa shape index (κ2) is 6.72. The van der Waals surface area contributed by atoms with E-state index in [-0.39, 0.29) is 11.7 Å². The van der Waals surface area contributed by atoms with Crippen molar-refractivity contribution in [2.75, 3.05) is 0 Å². The Bertz CT molecular complexity index is 1220. The molecule has 0 unspecified atom stereocenters. The highest BCUT2D eigenvalue weighted by atomic mass is 19.1. The summed E-state index contributed by atoms with van der Waals surface area (Å²) < 4.78 is 15.7. The van der Waals surface area contributed by atoms with Crippen molar-refractivity contribution in [1.29, 1.82) is 0 Å². The monoisotopic (exact) mass is 393 g/mol. The van der Waals surface area contributed by atoms with Gasteiger partial charge in [0, 0.05) is 22.2 Å². The largest absolute Gasteiger partial charge is 0.481 e. The Kier molecular flexibility index (Phi) is 4.45. The molecule has 29 heavy (non-hydrogen) atoms. The lowest BCUT2D eigenvalue weighted by molar-refractivity contribution is -0.146. The lowest BCUT2D eigenvalue weighted by atomic mass is 9.83. The third-order valence-corrected chi connectivity index (χ3v) is 5.50. The molecule has 0 aliphatic heterocycles. The maximum Gasteiger partial charge on any atom is 0.309 e. The zero-order valence-electron chi connectivity index (χ0n) is 17.0. The molecule has 0 saturated carbocycles. The molecule has 0 amide bonds. The van der Waals surface area contributed by atoms with Crippen LogP contribution in [-0.2, 0) is 11.2 Å². The van der Waals surface area contributed by atoms with Crippen LogP contribution in [0.2, 0.25) is 0 Å². The molecule has 2 aromatic heterocycles. The van der Waals surface area contributed by atoms with Gasteiger partial charge in [-0.2, -0.15) is 5.10 Å². The molecule has 2 N–H and O–H groups in total. The summed E-state index contributed by atoms with van der Waals surface area (Å²) in [7, 11) is 0. The molecule has 2 aromatic carbocycles. The van der Waals surface area contributed by atoms with Crippen LogP contribution in [0.4, 0.5) is 4.39 Å². The van der Waals surface area contributed by atoms with Crippen molar-refractivity contribution >= 4 is 27.8 Å². The summed E-state index contributed by atoms with van der Waals surface area (Å²) in [5, 5.41) is 18.8. The number of halogens is 1. The first kappa shape index (κ1) is 19.2. The highest BCUT2D eigenvalue weighted by Crippen LogP contribution is 2.39. The van der Waals surface area contributed by atoms with Gasteiger partial charge in [-0.3, -0.25) is 9.89 Å². The SMILES string of the molecule is CC(C)c1c(CC(C)(C)C(=O)O)c2cc3[nH]ncc3cc2n1-c1ccc(F)cc1. The Balaban J connectivity index is 2.10. The van der Waals surface area contributed by atoms with Crippen molar-refractivity contribution in [2.24, 2.45) is 5.41 Å². The molecule has 5 nitrogen and oxygen atoms in total. The lowest BCUT2D eigenvalue weighted by Gasteiger charge is -2.21. The summed E-state index contributed by atoms with van der Waals surface area (Å²) in [6, 6.07) is 10.5. The maximum atomic E-state index is 13.6. The standard InChI is InChI=1S/C23H24FN3O2/c1-13(2)21-18(11-23(3,4)22(28)29)17-10-19-14(12-25-26-19)9-20(17)27(21)16-7-5-15(24)6-8-16/h5-10,12-13H,11H2,1-4H3,(H,25,26)(H,28,29). The minimum atomic E-state index is -0.922. The molecule has 0 bridgehead atoms. The first-order chi connectivity index (χ1) is 13.7. The van der Waals surface area contributed by atoms with E-state index >= 15 is 0 Å². The topological polar surface area (TPSA) is 70.9 Å². The second-order valence-corrected chi connectivity index (χ2v) is 8.52. The van der Waals surface area contributed by atoms with E-state index in [0.717, 1.165) is 38.8 Å². The molecule has 0 aliphatic carbocycles. The van der Waals surface area contributed by atoms with Gasteiger partial charge in [-0.05, 0) is 68.1 Å². The van der Waals surface area contributed by atoms with E-state index < -0.39 is 11.4 Å². The predicted octanol–water partition coefficient (Wildman–Crippen LogP) is 5.42. The smallest absolute Gasteiger partial charge is 0.309 e. The molecule has 0 atom stereocenters. The molecule has 0 spiro atoms. The van der Waals surface area contributed by atoms with Gasteiger partial charge in [0.15, 0.2) is 0 Å². The molecule has 4 rings (SSSR count). The average molecular weight is 393 g/mol. The fourth-order valence-corrected chi connectivity index (χ4v) is 3.99. The number of hydrogen-bond acceptors (Lipinski definition) is 2. The molecule has 0 saturated heterocycles. The second-order valence-electron chi connectivity index (χ2n) is 8.52. The van der Waals surface area contributed by atoms with Crippen molar-refractivity contribution in [2.45, 2.75) is 40.0 Å². The Labute approximate surface area is 168 Å². The van der Waals surface area contributed by atoms with Gasteiger partial charge in [0.2, 0.25) is 0 Å². The van der Waals surface area contributed by atoms with Crippen LogP contribution in [0.5, 0.6) is 0 Å². The summed E-state index contributed by atoms with van der Waals surface area (Å²) in [6.07, 6.45) is 2.16. The summed E-state index contributed by atoms with van der Waals surface area (Å²) >= 11 is 0. The molecule has 6 heteroatoms. The van der Waals surface area contributed by atoms with Crippen molar-refractivity contribution in [1.82, 2.24) is 14.8 Å². The minimum Gasteiger partial charge on any atom is -0.481 e. The van der Waals surface area contributed by atoms with Gasteiger partial charge in [0.05, 0.1) is 22.6 Å². The molecule has 150 valence electrons. The number of aromatic amines is 1. The zero-order chi connectivity index (χ0) is 20.9. The molecule has 0 radical (unpaired) electrons. The van der Waals surface area contributed by atoms with Crippen LogP contribution in [-0.4, -0.2) is 25.8 Å². The van der Waals surface area contributed by atoms with E-state index in [1.807, 2.05) is 6.07 Å². The van der Waals surface area contributed by atoms with E-state index in [0.29, 0.717) is 6.42 Å². The number of benzene rings is 2. The van der Waals surface area contributed by atoms with Gasteiger partial charge in [0.25, 0.3) is 0 Å². The molecular formula is C23H24FN3O2. The Morgan fingerprint density at radius 2 is 1.93 bits per heavy atom. The highest BCUT2D eigenvalue weighted by Gasteiger charge is 2.32. The van der Waals surface area contributed by atoms with Gasteiger partial charge in [-0.15, -0.1) is 0 Å². The Morgan fingerprint density at radius 1 is 1.24 bits per heavy atom. The van der Waals surface area contributed by atoms with Crippen molar-refractivity contribution in [3.63, 3.8) is 0 Å². The summed E-state index contributed by atoms with van der Waals surface area (Å²) in [4.78, 5) is 11.9. The molecule has 0 fully saturated rings. The van der Waals surface area contributed by atoms with Gasteiger partial charge in [0.1, 0.15) is 5.82 Å². The van der Waals surface area contributed by atoms with Crippen LogP contribution in [0.3, 0.4) is 0 Å². The first-order valence-electron chi connectivity index (χ1n) is 9.68. The lowest BCUT2D eigenvalue weighted by Crippen LogP contribution is -2.26. The average Bonchev–Trinajstić information content (AvgIpc) is 3.22. The molecule has 0 aliphatic rings. The van der Waals surface area contributed by atoms with Crippen molar-refractivity contribution in [3.05, 3.63) is 59.7 Å². The zero-order valence-corrected chi connectivity index (χ0v) is 17.0. The van der Waals surface area contributed by atoms with Gasteiger partial charge in [-0.1, -0.05) is 13.8 Å². The number of aromatic nitrogens is 3. The predicted molar refractivity (Wildman–Crippen MR) is 112 cm³/mol. The third-order valence-electron chi connectivity index (χ3n) is 5.50. The summed E-state index contributed by atoms with van der Waals surface area (Å²) in [5.41, 5.74) is 3.84. The third kappa shape index (κ3) is 3.18.